The highest BCUT2D eigenvalue weighted by molar-refractivity contribution is 5.91. The smallest absolute Gasteiger partial charge is 0.399 e. The number of aromatic nitrogens is 5. The lowest BCUT2D eigenvalue weighted by atomic mass is 10.0. The highest BCUT2D eigenvalue weighted by atomic mass is 19.4. The lowest BCUT2D eigenvalue weighted by molar-refractivity contribution is -0.137. The first kappa shape index (κ1) is 19.6. The minimum atomic E-state index is -4.48. The van der Waals surface area contributed by atoms with E-state index in [9.17, 15) is 13.2 Å². The van der Waals surface area contributed by atoms with Crippen molar-refractivity contribution in [2.75, 3.05) is 11.1 Å². The topological polar surface area (TPSA) is 105 Å². The first-order valence-corrected chi connectivity index (χ1v) is 9.08. The van der Waals surface area contributed by atoms with Gasteiger partial charge in [-0.05, 0) is 43.7 Å². The Bertz CT molecular complexity index is 1200. The molecule has 30 heavy (non-hydrogen) atoms. The average Bonchev–Trinajstić information content (AvgIpc) is 3.21. The average molecular weight is 413 g/mol. The van der Waals surface area contributed by atoms with Gasteiger partial charge < -0.3 is 11.1 Å². The third-order valence-electron chi connectivity index (χ3n) is 4.65. The summed E-state index contributed by atoms with van der Waals surface area (Å²) in [6.45, 7) is 3.48. The molecule has 4 rings (SSSR count). The minimum absolute atomic E-state index is 0.0450. The zero-order chi connectivity index (χ0) is 21.5. The summed E-state index contributed by atoms with van der Waals surface area (Å²) in [4.78, 5) is 13.2. The normalized spacial score (nSPS) is 12.8. The zero-order valence-corrected chi connectivity index (χ0v) is 16.1. The molecule has 0 amide bonds. The van der Waals surface area contributed by atoms with Crippen molar-refractivity contribution < 1.29 is 13.2 Å². The molecule has 4 aromatic rings. The second kappa shape index (κ2) is 7.29. The van der Waals surface area contributed by atoms with E-state index in [0.29, 0.717) is 33.8 Å². The van der Waals surface area contributed by atoms with Gasteiger partial charge in [-0.3, -0.25) is 10.1 Å². The standard InChI is InChI=1S/C20H18F3N7/c1-10(12-3-14(20(21,22)23)5-15(24)4-12)28-19-16-6-17(13-7-26-27-8-13)25-9-18(16)29-11(2)30-19/h3-10H,24H2,1-2H3,(H,26,27)(H,28,29,30)/t10-/m1/s1. The molecule has 0 spiro atoms. The van der Waals surface area contributed by atoms with Crippen LogP contribution in [0.5, 0.6) is 0 Å². The Morgan fingerprint density at radius 1 is 1.10 bits per heavy atom. The molecule has 0 aliphatic heterocycles. The van der Waals surface area contributed by atoms with E-state index in [1.165, 1.54) is 6.07 Å². The Kier molecular flexibility index (Phi) is 4.76. The molecule has 154 valence electrons. The summed E-state index contributed by atoms with van der Waals surface area (Å²) in [6.07, 6.45) is 0.506. The SMILES string of the molecule is Cc1nc(N[C@H](C)c2cc(N)cc(C(F)(F)F)c2)c2cc(-c3cn[nH]c3)ncc2n1. The second-order valence-corrected chi connectivity index (χ2v) is 6.95. The number of hydrogen-bond donors (Lipinski definition) is 3. The molecule has 1 aromatic carbocycles. The van der Waals surface area contributed by atoms with E-state index in [0.717, 1.165) is 17.7 Å². The van der Waals surface area contributed by atoms with Crippen LogP contribution in [0.15, 0.2) is 42.9 Å². The molecule has 3 heterocycles. The number of nitrogens with two attached hydrogens (primary N) is 1. The number of benzene rings is 1. The number of rotatable bonds is 4. The monoisotopic (exact) mass is 413 g/mol. The van der Waals surface area contributed by atoms with Crippen LogP contribution in [0.3, 0.4) is 0 Å². The van der Waals surface area contributed by atoms with Gasteiger partial charge in [0.1, 0.15) is 11.6 Å². The molecule has 1 atom stereocenters. The van der Waals surface area contributed by atoms with Gasteiger partial charge in [-0.1, -0.05) is 0 Å². The molecule has 0 unspecified atom stereocenters. The van der Waals surface area contributed by atoms with E-state index in [1.54, 1.807) is 32.4 Å². The number of nitrogens with one attached hydrogen (secondary N) is 2. The molecule has 0 saturated heterocycles. The van der Waals surface area contributed by atoms with Crippen molar-refractivity contribution in [2.45, 2.75) is 26.1 Å². The molecular formula is C20H18F3N7. The molecule has 7 nitrogen and oxygen atoms in total. The molecule has 10 heteroatoms. The summed E-state index contributed by atoms with van der Waals surface area (Å²) < 4.78 is 39.5. The van der Waals surface area contributed by atoms with Crippen molar-refractivity contribution in [3.05, 3.63) is 59.8 Å². The van der Waals surface area contributed by atoms with Crippen LogP contribution < -0.4 is 11.1 Å². The predicted molar refractivity (Wildman–Crippen MR) is 108 cm³/mol. The van der Waals surface area contributed by atoms with E-state index in [4.69, 9.17) is 5.73 Å². The molecule has 0 bridgehead atoms. The number of halogens is 3. The van der Waals surface area contributed by atoms with E-state index in [2.05, 4.69) is 30.5 Å². The Morgan fingerprint density at radius 3 is 2.60 bits per heavy atom. The quantitative estimate of drug-likeness (QED) is 0.426. The Hall–Kier alpha value is -3.69. The largest absolute Gasteiger partial charge is 0.416 e. The number of aromatic amines is 1. The highest BCUT2D eigenvalue weighted by Gasteiger charge is 2.31. The first-order valence-electron chi connectivity index (χ1n) is 9.08. The van der Waals surface area contributed by atoms with Gasteiger partial charge in [0, 0.05) is 22.8 Å². The summed E-state index contributed by atoms with van der Waals surface area (Å²) in [7, 11) is 0. The Labute approximate surface area is 169 Å². The summed E-state index contributed by atoms with van der Waals surface area (Å²) in [6, 6.07) is 4.85. The fraction of sp³-hybridized carbons (Fsp3) is 0.200. The number of anilines is 2. The van der Waals surface area contributed by atoms with Crippen molar-refractivity contribution >= 4 is 22.4 Å². The van der Waals surface area contributed by atoms with Crippen LogP contribution in [-0.2, 0) is 6.18 Å². The molecule has 0 fully saturated rings. The second-order valence-electron chi connectivity index (χ2n) is 6.95. The number of alkyl halides is 3. The molecular weight excluding hydrogens is 395 g/mol. The Balaban J connectivity index is 1.74. The van der Waals surface area contributed by atoms with Crippen molar-refractivity contribution in [2.24, 2.45) is 0 Å². The van der Waals surface area contributed by atoms with E-state index in [1.807, 2.05) is 6.07 Å². The molecule has 4 N–H and O–H groups in total. The zero-order valence-electron chi connectivity index (χ0n) is 16.1. The third-order valence-corrected chi connectivity index (χ3v) is 4.65. The molecule has 3 aromatic heterocycles. The first-order chi connectivity index (χ1) is 14.2. The fourth-order valence-corrected chi connectivity index (χ4v) is 3.19. The summed E-state index contributed by atoms with van der Waals surface area (Å²) in [5, 5.41) is 10.5. The van der Waals surface area contributed by atoms with Crippen LogP contribution in [0.1, 0.15) is 29.9 Å². The summed E-state index contributed by atoms with van der Waals surface area (Å²) in [5.41, 5.74) is 7.44. The maximum absolute atomic E-state index is 13.2. The molecule has 0 radical (unpaired) electrons. The van der Waals surface area contributed by atoms with Gasteiger partial charge in [0.05, 0.1) is 35.2 Å². The molecule has 0 saturated carbocycles. The Morgan fingerprint density at radius 2 is 1.90 bits per heavy atom. The van der Waals surface area contributed by atoms with Gasteiger partial charge in [-0.2, -0.15) is 18.3 Å². The lowest BCUT2D eigenvalue weighted by Crippen LogP contribution is -2.13. The van der Waals surface area contributed by atoms with Gasteiger partial charge in [0.2, 0.25) is 0 Å². The number of H-pyrrole nitrogens is 1. The van der Waals surface area contributed by atoms with E-state index < -0.39 is 17.8 Å². The van der Waals surface area contributed by atoms with Crippen LogP contribution in [0.2, 0.25) is 0 Å². The molecule has 0 aliphatic carbocycles. The summed E-state index contributed by atoms with van der Waals surface area (Å²) in [5.74, 6) is 1.01. The third kappa shape index (κ3) is 3.88. The van der Waals surface area contributed by atoms with Crippen molar-refractivity contribution in [3.8, 4) is 11.3 Å². The number of hydrogen-bond acceptors (Lipinski definition) is 6. The van der Waals surface area contributed by atoms with Gasteiger partial charge in [-0.25, -0.2) is 9.97 Å². The van der Waals surface area contributed by atoms with Gasteiger partial charge in [0.25, 0.3) is 0 Å². The highest BCUT2D eigenvalue weighted by Crippen LogP contribution is 2.34. The number of nitrogens with zero attached hydrogens (tertiary/aromatic N) is 4. The number of fused-ring (bicyclic) bond motifs is 1. The van der Waals surface area contributed by atoms with Crippen molar-refractivity contribution in [3.63, 3.8) is 0 Å². The van der Waals surface area contributed by atoms with Crippen LogP contribution in [0, 0.1) is 6.92 Å². The minimum Gasteiger partial charge on any atom is -0.399 e. The lowest BCUT2D eigenvalue weighted by Gasteiger charge is -2.19. The van der Waals surface area contributed by atoms with Crippen molar-refractivity contribution in [1.29, 1.82) is 0 Å². The van der Waals surface area contributed by atoms with Gasteiger partial charge >= 0.3 is 6.18 Å². The van der Waals surface area contributed by atoms with Gasteiger partial charge in [-0.15, -0.1) is 0 Å². The van der Waals surface area contributed by atoms with Crippen LogP contribution >= 0.6 is 0 Å². The number of nitrogen functional groups attached to an aromatic ring is 1. The van der Waals surface area contributed by atoms with E-state index >= 15 is 0 Å². The maximum atomic E-state index is 13.2. The predicted octanol–water partition coefficient (Wildman–Crippen LogP) is 4.50. The maximum Gasteiger partial charge on any atom is 0.416 e. The fourth-order valence-electron chi connectivity index (χ4n) is 3.19. The van der Waals surface area contributed by atoms with Crippen LogP contribution in [0.4, 0.5) is 24.7 Å². The van der Waals surface area contributed by atoms with Gasteiger partial charge in [0.15, 0.2) is 0 Å². The van der Waals surface area contributed by atoms with E-state index in [-0.39, 0.29) is 5.69 Å². The van der Waals surface area contributed by atoms with Crippen molar-refractivity contribution in [1.82, 2.24) is 25.1 Å². The number of aryl methyl sites for hydroxylation is 1. The summed E-state index contributed by atoms with van der Waals surface area (Å²) >= 11 is 0. The molecule has 0 aliphatic rings. The van der Waals surface area contributed by atoms with Crippen LogP contribution in [-0.4, -0.2) is 25.1 Å². The number of pyridine rings is 1. The van der Waals surface area contributed by atoms with Crippen LogP contribution in [0.25, 0.3) is 22.2 Å².